The predicted octanol–water partition coefficient (Wildman–Crippen LogP) is 4.18. The molecule has 3 rings (SSSR count). The number of piperazine rings is 1. The highest BCUT2D eigenvalue weighted by atomic mass is 19.1. The van der Waals surface area contributed by atoms with E-state index in [1.807, 2.05) is 13.8 Å². The van der Waals surface area contributed by atoms with Crippen LogP contribution in [0.5, 0.6) is 0 Å². The third-order valence-corrected chi connectivity index (χ3v) is 3.94. The van der Waals surface area contributed by atoms with Crippen LogP contribution in [0.25, 0.3) is 0 Å². The van der Waals surface area contributed by atoms with Crippen LogP contribution in [0.4, 0.5) is 15.8 Å². The van der Waals surface area contributed by atoms with Crippen LogP contribution in [-0.4, -0.2) is 26.2 Å². The lowest BCUT2D eigenvalue weighted by atomic mass is 10.1. The molecule has 1 saturated heterocycles. The Bertz CT molecular complexity index is 619. The standard InChI is InChI=1S/C18H22FN3.C2H6/c1-14-10-15(13-21-17-4-2-16(19)3-5-17)12-18(11-14)22-8-6-20-7-9-22;1-2/h2-5,10-12,20-21H,6-9,13H2,1H3;1-2H3. The van der Waals surface area contributed by atoms with Crippen molar-refractivity contribution >= 4 is 11.4 Å². The lowest BCUT2D eigenvalue weighted by molar-refractivity contribution is 0.589. The molecule has 2 N–H and O–H groups in total. The Hall–Kier alpha value is -2.07. The van der Waals surface area contributed by atoms with Gasteiger partial charge in [0.15, 0.2) is 0 Å². The Kier molecular flexibility index (Phi) is 7.07. The van der Waals surface area contributed by atoms with Crippen LogP contribution in [0, 0.1) is 12.7 Å². The average molecular weight is 329 g/mol. The van der Waals surface area contributed by atoms with Gasteiger partial charge in [0, 0.05) is 44.1 Å². The van der Waals surface area contributed by atoms with Crippen molar-refractivity contribution in [2.75, 3.05) is 36.4 Å². The van der Waals surface area contributed by atoms with Gasteiger partial charge in [-0.15, -0.1) is 0 Å². The Balaban J connectivity index is 0.00000100. The minimum Gasteiger partial charge on any atom is -0.381 e. The first-order chi connectivity index (χ1) is 11.7. The molecule has 0 unspecified atom stereocenters. The molecule has 0 amide bonds. The van der Waals surface area contributed by atoms with Gasteiger partial charge in [-0.3, -0.25) is 0 Å². The summed E-state index contributed by atoms with van der Waals surface area (Å²) in [7, 11) is 0. The summed E-state index contributed by atoms with van der Waals surface area (Å²) < 4.78 is 12.9. The summed E-state index contributed by atoms with van der Waals surface area (Å²) in [6, 6.07) is 13.2. The number of nitrogens with zero attached hydrogens (tertiary/aromatic N) is 1. The van der Waals surface area contributed by atoms with Gasteiger partial charge in [-0.05, 0) is 54.4 Å². The molecule has 1 aliphatic heterocycles. The molecular formula is C20H28FN3. The fourth-order valence-electron chi connectivity index (χ4n) is 2.82. The number of hydrogen-bond acceptors (Lipinski definition) is 3. The summed E-state index contributed by atoms with van der Waals surface area (Å²) in [6.07, 6.45) is 0. The van der Waals surface area contributed by atoms with Gasteiger partial charge < -0.3 is 15.5 Å². The van der Waals surface area contributed by atoms with E-state index >= 15 is 0 Å². The van der Waals surface area contributed by atoms with Crippen molar-refractivity contribution in [1.29, 1.82) is 0 Å². The Morgan fingerprint density at radius 2 is 1.71 bits per heavy atom. The molecule has 3 nitrogen and oxygen atoms in total. The maximum Gasteiger partial charge on any atom is 0.123 e. The number of anilines is 2. The summed E-state index contributed by atoms with van der Waals surface area (Å²) >= 11 is 0. The molecule has 4 heteroatoms. The maximum atomic E-state index is 12.9. The van der Waals surface area contributed by atoms with Crippen molar-refractivity contribution in [3.05, 3.63) is 59.4 Å². The van der Waals surface area contributed by atoms with Crippen LogP contribution in [0.1, 0.15) is 25.0 Å². The summed E-state index contributed by atoms with van der Waals surface area (Å²) in [5, 5.41) is 6.73. The third kappa shape index (κ3) is 5.24. The van der Waals surface area contributed by atoms with Crippen LogP contribution in [0.15, 0.2) is 42.5 Å². The molecule has 2 aromatic rings. The molecule has 0 atom stereocenters. The number of halogens is 1. The van der Waals surface area contributed by atoms with Gasteiger partial charge in [-0.25, -0.2) is 4.39 Å². The van der Waals surface area contributed by atoms with Crippen molar-refractivity contribution in [2.24, 2.45) is 0 Å². The largest absolute Gasteiger partial charge is 0.381 e. The smallest absolute Gasteiger partial charge is 0.123 e. The zero-order valence-corrected chi connectivity index (χ0v) is 14.9. The molecule has 1 fully saturated rings. The van der Waals surface area contributed by atoms with Crippen LogP contribution in [-0.2, 0) is 6.54 Å². The molecule has 0 aromatic heterocycles. The summed E-state index contributed by atoms with van der Waals surface area (Å²) in [5.74, 6) is -0.206. The lowest BCUT2D eigenvalue weighted by Crippen LogP contribution is -2.43. The Morgan fingerprint density at radius 1 is 1.04 bits per heavy atom. The van der Waals surface area contributed by atoms with E-state index in [9.17, 15) is 4.39 Å². The third-order valence-electron chi connectivity index (χ3n) is 3.94. The van der Waals surface area contributed by atoms with Gasteiger partial charge in [-0.1, -0.05) is 19.9 Å². The number of hydrogen-bond donors (Lipinski definition) is 2. The quantitative estimate of drug-likeness (QED) is 0.881. The predicted molar refractivity (Wildman–Crippen MR) is 101 cm³/mol. The van der Waals surface area contributed by atoms with Crippen molar-refractivity contribution in [3.8, 4) is 0 Å². The maximum absolute atomic E-state index is 12.9. The zero-order valence-electron chi connectivity index (χ0n) is 14.9. The van der Waals surface area contributed by atoms with Crippen LogP contribution in [0.2, 0.25) is 0 Å². The second-order valence-electron chi connectivity index (χ2n) is 5.77. The number of benzene rings is 2. The minimum atomic E-state index is -0.206. The first-order valence-electron chi connectivity index (χ1n) is 8.76. The van der Waals surface area contributed by atoms with E-state index in [0.29, 0.717) is 0 Å². The fourth-order valence-corrected chi connectivity index (χ4v) is 2.82. The SMILES string of the molecule is CC.Cc1cc(CNc2ccc(F)cc2)cc(N2CCNCC2)c1. The molecule has 0 saturated carbocycles. The molecule has 0 aliphatic carbocycles. The molecule has 0 radical (unpaired) electrons. The molecule has 1 aliphatic rings. The van der Waals surface area contributed by atoms with E-state index in [1.165, 1.54) is 28.9 Å². The van der Waals surface area contributed by atoms with Gasteiger partial charge in [0.2, 0.25) is 0 Å². The first-order valence-corrected chi connectivity index (χ1v) is 8.76. The van der Waals surface area contributed by atoms with Crippen LogP contribution < -0.4 is 15.5 Å². The van der Waals surface area contributed by atoms with Gasteiger partial charge in [-0.2, -0.15) is 0 Å². The first kappa shape index (κ1) is 18.3. The average Bonchev–Trinajstić information content (AvgIpc) is 2.63. The van der Waals surface area contributed by atoms with E-state index in [-0.39, 0.29) is 5.82 Å². The number of rotatable bonds is 4. The Morgan fingerprint density at radius 3 is 2.38 bits per heavy atom. The van der Waals surface area contributed by atoms with Gasteiger partial charge >= 0.3 is 0 Å². The number of nitrogens with one attached hydrogen (secondary N) is 2. The van der Waals surface area contributed by atoms with Crippen LogP contribution in [0.3, 0.4) is 0 Å². The number of aryl methyl sites for hydroxylation is 1. The van der Waals surface area contributed by atoms with Gasteiger partial charge in [0.1, 0.15) is 5.82 Å². The molecule has 0 bridgehead atoms. The summed E-state index contributed by atoms with van der Waals surface area (Å²) in [6.45, 7) is 11.1. The summed E-state index contributed by atoms with van der Waals surface area (Å²) in [4.78, 5) is 2.42. The van der Waals surface area contributed by atoms with Crippen LogP contribution >= 0.6 is 0 Å². The topological polar surface area (TPSA) is 27.3 Å². The minimum absolute atomic E-state index is 0.206. The van der Waals surface area contributed by atoms with E-state index in [1.54, 1.807) is 12.1 Å². The van der Waals surface area contributed by atoms with Gasteiger partial charge in [0.25, 0.3) is 0 Å². The molecule has 130 valence electrons. The van der Waals surface area contributed by atoms with Crippen molar-refractivity contribution < 1.29 is 4.39 Å². The Labute approximate surface area is 144 Å². The summed E-state index contributed by atoms with van der Waals surface area (Å²) in [5.41, 5.74) is 4.74. The van der Waals surface area contributed by atoms with Gasteiger partial charge in [0.05, 0.1) is 0 Å². The second kappa shape index (κ2) is 9.28. The molecule has 1 heterocycles. The zero-order chi connectivity index (χ0) is 17.4. The van der Waals surface area contributed by atoms with E-state index in [4.69, 9.17) is 0 Å². The monoisotopic (exact) mass is 329 g/mol. The van der Waals surface area contributed by atoms with Crippen molar-refractivity contribution in [1.82, 2.24) is 5.32 Å². The molecular weight excluding hydrogens is 301 g/mol. The highest BCUT2D eigenvalue weighted by Gasteiger charge is 2.11. The molecule has 2 aromatic carbocycles. The molecule has 24 heavy (non-hydrogen) atoms. The normalized spacial score (nSPS) is 13.9. The van der Waals surface area contributed by atoms with E-state index < -0.39 is 0 Å². The highest BCUT2D eigenvalue weighted by molar-refractivity contribution is 5.52. The van der Waals surface area contributed by atoms with Crippen molar-refractivity contribution in [2.45, 2.75) is 27.3 Å². The fraction of sp³-hybridized carbons (Fsp3) is 0.400. The lowest BCUT2D eigenvalue weighted by Gasteiger charge is -2.30. The van der Waals surface area contributed by atoms with Crippen molar-refractivity contribution in [3.63, 3.8) is 0 Å². The second-order valence-corrected chi connectivity index (χ2v) is 5.77. The van der Waals surface area contributed by atoms with E-state index in [0.717, 1.165) is 38.4 Å². The van der Waals surface area contributed by atoms with E-state index in [2.05, 4.69) is 40.7 Å². The molecule has 0 spiro atoms. The highest BCUT2D eigenvalue weighted by Crippen LogP contribution is 2.20.